The largest absolute Gasteiger partial charge is 0.589 e. The highest BCUT2D eigenvalue weighted by Gasteiger charge is 2.52. The van der Waals surface area contributed by atoms with Gasteiger partial charge < -0.3 is 29.1 Å². The number of benzene rings is 4. The first-order chi connectivity index (χ1) is 29.2. The Morgan fingerprint density at radius 1 is 0.656 bits per heavy atom. The molecule has 10 rings (SSSR count). The highest BCUT2D eigenvalue weighted by Crippen LogP contribution is 2.43. The zero-order chi connectivity index (χ0) is 42.8. The maximum absolute atomic E-state index is 14.1. The van der Waals surface area contributed by atoms with Crippen LogP contribution in [0.25, 0.3) is 21.5 Å². The van der Waals surface area contributed by atoms with E-state index in [2.05, 4.69) is 32.1 Å². The molecule has 61 heavy (non-hydrogen) atoms. The fraction of sp³-hybridized carbons (Fsp3) is 0.209. The number of hydrogen-bond acceptors (Lipinski definition) is 12. The van der Waals surface area contributed by atoms with Gasteiger partial charge in [-0.05, 0) is 46.2 Å². The molecule has 2 atom stereocenters. The minimum absolute atomic E-state index is 0.518. The van der Waals surface area contributed by atoms with Crippen LogP contribution in [0.15, 0.2) is 127 Å². The normalized spacial score (nSPS) is 17.4. The van der Waals surface area contributed by atoms with Crippen molar-refractivity contribution in [3.05, 3.63) is 130 Å². The van der Waals surface area contributed by atoms with Gasteiger partial charge in [-0.3, -0.25) is 13.3 Å². The lowest BCUT2D eigenvalue weighted by Gasteiger charge is -2.36. The van der Waals surface area contributed by atoms with Crippen LogP contribution in [0.3, 0.4) is 0 Å². The van der Waals surface area contributed by atoms with E-state index in [-0.39, 0.29) is 0 Å². The van der Waals surface area contributed by atoms with Gasteiger partial charge in [-0.1, -0.05) is 97.1 Å². The lowest BCUT2D eigenvalue weighted by molar-refractivity contribution is -0.152. The van der Waals surface area contributed by atoms with Crippen molar-refractivity contribution in [1.29, 1.82) is 0 Å². The van der Waals surface area contributed by atoms with Crippen molar-refractivity contribution in [2.24, 2.45) is 30.0 Å². The molecular formula is C43H41N9O7Si2. The van der Waals surface area contributed by atoms with E-state index >= 15 is 0 Å². The molecule has 0 amide bonds. The molecule has 4 N–H and O–H groups in total. The molecule has 6 heterocycles. The third-order valence-corrected chi connectivity index (χ3v) is 17.7. The summed E-state index contributed by atoms with van der Waals surface area (Å²) in [6.07, 6.45) is -1.62. The molecule has 0 spiro atoms. The molecule has 6 aromatic rings. The number of aliphatic carboxylic acids is 2. The van der Waals surface area contributed by atoms with E-state index in [1.165, 1.54) is 0 Å². The number of carboxylic acids is 2. The summed E-state index contributed by atoms with van der Waals surface area (Å²) in [5.41, 5.74) is 4.51. The molecule has 0 radical (unpaired) electrons. The highest BCUT2D eigenvalue weighted by molar-refractivity contribution is 6.82. The van der Waals surface area contributed by atoms with Crippen molar-refractivity contribution in [3.63, 3.8) is 0 Å². The van der Waals surface area contributed by atoms with Crippen LogP contribution in [0.4, 0.5) is 11.6 Å². The highest BCUT2D eigenvalue weighted by atomic mass is 28.5. The Hall–Kier alpha value is -6.55. The first-order valence-corrected chi connectivity index (χ1v) is 24.6. The van der Waals surface area contributed by atoms with Gasteiger partial charge in [0.1, 0.15) is 22.6 Å². The number of rotatable bonds is 9. The lowest BCUT2D eigenvalue weighted by atomic mass is 10.1. The summed E-state index contributed by atoms with van der Waals surface area (Å²) in [7, 11) is -3.00. The quantitative estimate of drug-likeness (QED) is 0.152. The van der Waals surface area contributed by atoms with E-state index in [4.69, 9.17) is 49.4 Å². The van der Waals surface area contributed by atoms with E-state index in [1.54, 1.807) is 0 Å². The predicted octanol–water partition coefficient (Wildman–Crippen LogP) is 4.44. The maximum Gasteiger partial charge on any atom is 0.589 e. The molecule has 16 nitrogen and oxygen atoms in total. The molecule has 0 saturated carbocycles. The molecule has 18 heteroatoms. The Kier molecular flexibility index (Phi) is 9.92. The van der Waals surface area contributed by atoms with Gasteiger partial charge in [-0.25, -0.2) is 34.7 Å². The molecule has 4 aromatic carbocycles. The average Bonchev–Trinajstić information content (AvgIpc) is 3.94. The second kappa shape index (κ2) is 15.2. The number of aliphatic hydroxyl groups is 1. The monoisotopic (exact) mass is 851 g/mol. The van der Waals surface area contributed by atoms with Crippen LogP contribution in [0.5, 0.6) is 0 Å². The SMILES string of the molecule is CN(C)CCC[Si](C)(C)O[Si]1(O)n2c3c4ccccc4c2N=C2N=C(N=c4c5ccccc5c(n41)=NC1=NC(=N3)c3ccccc31)c1ccccc12.O=C(O)CC(O)C(=O)O. The molecular weight excluding hydrogens is 811 g/mol. The van der Waals surface area contributed by atoms with Crippen LogP contribution < -0.4 is 11.0 Å². The first kappa shape index (κ1) is 39.9. The van der Waals surface area contributed by atoms with E-state index < -0.39 is 41.7 Å². The van der Waals surface area contributed by atoms with Gasteiger partial charge in [-0.2, -0.15) is 0 Å². The average molecular weight is 852 g/mol. The number of fused-ring (bicyclic) bond motifs is 14. The van der Waals surface area contributed by atoms with Gasteiger partial charge >= 0.3 is 20.8 Å². The molecule has 0 saturated heterocycles. The molecule has 0 fully saturated rings. The van der Waals surface area contributed by atoms with Crippen LogP contribution in [-0.2, 0) is 13.7 Å². The Morgan fingerprint density at radius 3 is 1.46 bits per heavy atom. The van der Waals surface area contributed by atoms with E-state index in [0.717, 1.165) is 62.8 Å². The number of carbonyl (C=O) groups is 2. The summed E-state index contributed by atoms with van der Waals surface area (Å²) < 4.78 is 11.2. The van der Waals surface area contributed by atoms with Gasteiger partial charge in [0.25, 0.3) is 0 Å². The first-order valence-electron chi connectivity index (χ1n) is 19.7. The standard InChI is InChI=1S/C39H35N9O2Si2.C4H6O5/c1-46(2)22-13-23-51(3,4)50-52(49)47-36-28-18-9-10-19-29(28)38(47)44-34-26-16-7-8-17-27(26)35(41-34)45-39-31-21-12-11-20-30(31)37(48(39)52)43-33-25-15-6-5-14-24(25)32(40-33)42-36;5-2(4(8)9)1-3(6)7/h5-12,14-21,49H,13,22-23H2,1-4H3;2,5H,1H2,(H,6,7)(H,8,9). The Labute approximate surface area is 350 Å². The summed E-state index contributed by atoms with van der Waals surface area (Å²) in [5.74, 6) is 0.264. The van der Waals surface area contributed by atoms with Crippen LogP contribution in [0.1, 0.15) is 35.1 Å². The summed E-state index contributed by atoms with van der Waals surface area (Å²) in [6.45, 7) is 5.28. The molecule has 2 aromatic heterocycles. The second-order valence-electron chi connectivity index (χ2n) is 15.9. The van der Waals surface area contributed by atoms with E-state index in [0.29, 0.717) is 46.0 Å². The zero-order valence-electron chi connectivity index (χ0n) is 33.7. The lowest BCUT2D eigenvalue weighted by Crippen LogP contribution is -2.65. The predicted molar refractivity (Wildman–Crippen MR) is 236 cm³/mol. The number of aromatic nitrogens is 2. The summed E-state index contributed by atoms with van der Waals surface area (Å²) >= 11 is 0. The van der Waals surface area contributed by atoms with Crippen molar-refractivity contribution in [2.75, 3.05) is 20.6 Å². The van der Waals surface area contributed by atoms with E-state index in [1.807, 2.05) is 106 Å². The fourth-order valence-corrected chi connectivity index (χ4v) is 15.1. The Morgan fingerprint density at radius 2 is 1.07 bits per heavy atom. The van der Waals surface area contributed by atoms with Crippen LogP contribution in [-0.4, -0.2) is 113 Å². The second-order valence-corrected chi connectivity index (χ2v) is 22.8. The van der Waals surface area contributed by atoms with Crippen molar-refractivity contribution < 1.29 is 33.8 Å². The molecule has 4 aliphatic rings. The van der Waals surface area contributed by atoms with Crippen molar-refractivity contribution in [1.82, 2.24) is 13.4 Å². The van der Waals surface area contributed by atoms with Crippen molar-refractivity contribution in [2.45, 2.75) is 38.1 Å². The third kappa shape index (κ3) is 6.97. The van der Waals surface area contributed by atoms with E-state index in [9.17, 15) is 14.4 Å². The van der Waals surface area contributed by atoms with Gasteiger partial charge in [0.05, 0.1) is 6.42 Å². The van der Waals surface area contributed by atoms with Gasteiger partial charge in [0.15, 0.2) is 37.8 Å². The number of aliphatic imine (C=N–C) groups is 4. The maximum atomic E-state index is 14.1. The van der Waals surface area contributed by atoms with Crippen molar-refractivity contribution >= 4 is 85.7 Å². The number of nitrogens with zero attached hydrogens (tertiary/aromatic N) is 9. The molecule has 308 valence electrons. The number of aliphatic hydroxyl groups excluding tert-OH is 1. The number of hydrogen-bond donors (Lipinski definition) is 4. The third-order valence-electron chi connectivity index (χ3n) is 10.8. The topological polar surface area (TPSA) is 212 Å². The smallest absolute Gasteiger partial charge is 0.481 e. The molecule has 0 aliphatic carbocycles. The van der Waals surface area contributed by atoms with Crippen molar-refractivity contribution in [3.8, 4) is 0 Å². The van der Waals surface area contributed by atoms with Gasteiger partial charge in [0, 0.05) is 43.8 Å². The van der Waals surface area contributed by atoms with Crippen LogP contribution in [0, 0.1) is 0 Å². The minimum Gasteiger partial charge on any atom is -0.481 e. The molecule has 6 bridgehead atoms. The number of carboxylic acid groups (broad SMARTS) is 2. The van der Waals surface area contributed by atoms with Crippen LogP contribution in [0.2, 0.25) is 19.1 Å². The zero-order valence-corrected chi connectivity index (χ0v) is 35.7. The van der Waals surface area contributed by atoms with Gasteiger partial charge in [-0.15, -0.1) is 0 Å². The molecule has 4 aliphatic heterocycles. The van der Waals surface area contributed by atoms with Gasteiger partial charge in [0.2, 0.25) is 0 Å². The Bertz CT molecular complexity index is 2930. The minimum atomic E-state index is -4.51. The van der Waals surface area contributed by atoms with Crippen LogP contribution >= 0.6 is 0 Å². The summed E-state index contributed by atoms with van der Waals surface area (Å²) in [4.78, 5) is 67.2. The summed E-state index contributed by atoms with van der Waals surface area (Å²) in [6, 6.07) is 32.9. The fourth-order valence-electron chi connectivity index (χ4n) is 8.04. The summed E-state index contributed by atoms with van der Waals surface area (Å²) in [5, 5.41) is 27.4. The Balaban J connectivity index is 0.000000478. The number of amidine groups is 4. The molecule has 2 unspecified atom stereocenters.